The van der Waals surface area contributed by atoms with E-state index < -0.39 is 0 Å². The molecule has 0 aliphatic heterocycles. The number of nitrogens with zero attached hydrogens (tertiary/aromatic N) is 2. The Labute approximate surface area is 122 Å². The Hall–Kier alpha value is -0.810. The van der Waals surface area contributed by atoms with Gasteiger partial charge in [-0.2, -0.15) is 3.89 Å². The Kier molecular flexibility index (Phi) is 5.45. The van der Waals surface area contributed by atoms with E-state index in [1.807, 2.05) is 0 Å². The lowest BCUT2D eigenvalue weighted by atomic mass is 9.87. The minimum absolute atomic E-state index is 0.0715. The zero-order valence-corrected chi connectivity index (χ0v) is 12.2. The summed E-state index contributed by atoms with van der Waals surface area (Å²) in [6, 6.07) is 0. The average molecular weight is 302 g/mol. The Morgan fingerprint density at radius 2 is 2.21 bits per heavy atom. The van der Waals surface area contributed by atoms with Crippen LogP contribution < -0.4 is 5.32 Å². The summed E-state index contributed by atoms with van der Waals surface area (Å²) >= 11 is 6.02. The van der Waals surface area contributed by atoms with Crippen molar-refractivity contribution in [2.45, 2.75) is 43.7 Å². The Bertz CT molecular complexity index is 450. The first kappa shape index (κ1) is 14.6. The van der Waals surface area contributed by atoms with Crippen molar-refractivity contribution in [1.29, 1.82) is 0 Å². The number of rotatable bonds is 5. The molecule has 1 aromatic rings. The van der Waals surface area contributed by atoms with Crippen molar-refractivity contribution < 1.29 is 3.89 Å². The molecule has 1 fully saturated rings. The van der Waals surface area contributed by atoms with Crippen molar-refractivity contribution in [3.63, 3.8) is 0 Å². The highest BCUT2D eigenvalue weighted by Gasteiger charge is 2.16. The van der Waals surface area contributed by atoms with Gasteiger partial charge in [0.2, 0.25) is 0 Å². The van der Waals surface area contributed by atoms with Crippen molar-refractivity contribution in [1.82, 2.24) is 15.3 Å². The first-order valence-corrected chi connectivity index (χ1v) is 7.53. The third-order valence-corrected chi connectivity index (χ3v) is 4.10. The van der Waals surface area contributed by atoms with Crippen molar-refractivity contribution in [2.24, 2.45) is 5.92 Å². The lowest BCUT2D eigenvalue weighted by Gasteiger charge is -2.24. The standard InChI is InChI=1S/C13H17ClFN3S/c1-9(10-5-3-2-4-6-10)16-7-11-13(14)17-8-12(18-11)19-15/h8,10,16H,1-7H2. The van der Waals surface area contributed by atoms with Gasteiger partial charge in [-0.25, -0.2) is 9.97 Å². The molecular weight excluding hydrogens is 285 g/mol. The molecule has 0 spiro atoms. The number of aromatic nitrogens is 2. The van der Waals surface area contributed by atoms with Crippen LogP contribution in [0.25, 0.3) is 0 Å². The smallest absolute Gasteiger partial charge is 0.152 e. The summed E-state index contributed by atoms with van der Waals surface area (Å²) in [5, 5.41) is 3.78. The molecule has 1 aliphatic carbocycles. The Morgan fingerprint density at radius 3 is 2.89 bits per heavy atom. The Morgan fingerprint density at radius 1 is 1.47 bits per heavy atom. The maximum atomic E-state index is 12.5. The topological polar surface area (TPSA) is 37.8 Å². The molecule has 1 heterocycles. The Balaban J connectivity index is 1.92. The fourth-order valence-corrected chi connectivity index (χ4v) is 2.73. The number of halogens is 2. The third kappa shape index (κ3) is 4.08. The highest BCUT2D eigenvalue weighted by atomic mass is 35.5. The van der Waals surface area contributed by atoms with E-state index in [1.165, 1.54) is 38.3 Å². The van der Waals surface area contributed by atoms with E-state index in [2.05, 4.69) is 21.9 Å². The van der Waals surface area contributed by atoms with Gasteiger partial charge in [0.05, 0.1) is 18.4 Å². The summed E-state index contributed by atoms with van der Waals surface area (Å²) in [6.07, 6.45) is 7.54. The second-order valence-corrected chi connectivity index (χ2v) is 5.67. The highest BCUT2D eigenvalue weighted by Crippen LogP contribution is 2.28. The van der Waals surface area contributed by atoms with E-state index in [0.717, 1.165) is 5.70 Å². The van der Waals surface area contributed by atoms with Crippen molar-refractivity contribution in [3.8, 4) is 0 Å². The molecule has 0 unspecified atom stereocenters. The van der Waals surface area contributed by atoms with Gasteiger partial charge in [-0.05, 0) is 18.8 Å². The summed E-state index contributed by atoms with van der Waals surface area (Å²) < 4.78 is 12.5. The maximum absolute atomic E-state index is 12.5. The van der Waals surface area contributed by atoms with Crippen molar-refractivity contribution in [2.75, 3.05) is 0 Å². The molecule has 0 atom stereocenters. The highest BCUT2D eigenvalue weighted by molar-refractivity contribution is 7.94. The fraction of sp³-hybridized carbons (Fsp3) is 0.538. The van der Waals surface area contributed by atoms with E-state index in [9.17, 15) is 3.89 Å². The monoisotopic (exact) mass is 301 g/mol. The number of allylic oxidation sites excluding steroid dienone is 1. The van der Waals surface area contributed by atoms with Crippen LogP contribution in [0.1, 0.15) is 37.8 Å². The summed E-state index contributed by atoms with van der Waals surface area (Å²) in [5.41, 5.74) is 1.58. The second-order valence-electron chi connectivity index (χ2n) is 4.74. The summed E-state index contributed by atoms with van der Waals surface area (Å²) in [4.78, 5) is 8.01. The summed E-state index contributed by atoms with van der Waals surface area (Å²) in [5.74, 6) is 0.527. The van der Waals surface area contributed by atoms with Crippen LogP contribution in [0.15, 0.2) is 23.5 Å². The minimum atomic E-state index is 0.0715. The van der Waals surface area contributed by atoms with Gasteiger partial charge in [0.25, 0.3) is 0 Å². The predicted octanol–water partition coefficient (Wildman–Crippen LogP) is 4.29. The molecule has 0 bridgehead atoms. The van der Waals surface area contributed by atoms with Crippen molar-refractivity contribution in [3.05, 3.63) is 29.3 Å². The molecule has 0 radical (unpaired) electrons. The molecule has 1 aliphatic rings. The van der Waals surface area contributed by atoms with Crippen LogP contribution in [-0.2, 0) is 6.54 Å². The van der Waals surface area contributed by atoms with Gasteiger partial charge in [-0.3, -0.25) is 0 Å². The lowest BCUT2D eigenvalue weighted by molar-refractivity contribution is 0.386. The molecular formula is C13H17ClFN3S. The second kappa shape index (κ2) is 7.10. The molecule has 6 heteroatoms. The van der Waals surface area contributed by atoms with E-state index in [-0.39, 0.29) is 17.2 Å². The molecule has 0 amide bonds. The van der Waals surface area contributed by atoms with Crippen LogP contribution in [0.4, 0.5) is 3.89 Å². The molecule has 19 heavy (non-hydrogen) atoms. The SMILES string of the molecule is C=C(NCc1nc(SF)cnc1Cl)C1CCCCC1. The third-order valence-electron chi connectivity index (χ3n) is 3.43. The largest absolute Gasteiger partial charge is 0.383 e. The average Bonchev–Trinajstić information content (AvgIpc) is 2.47. The number of hydrogen-bond acceptors (Lipinski definition) is 4. The van der Waals surface area contributed by atoms with Crippen LogP contribution in [0.2, 0.25) is 5.15 Å². The van der Waals surface area contributed by atoms with E-state index in [4.69, 9.17) is 11.6 Å². The quantitative estimate of drug-likeness (QED) is 0.880. The molecule has 104 valence electrons. The molecule has 1 saturated carbocycles. The number of nitrogens with one attached hydrogen (secondary N) is 1. The predicted molar refractivity (Wildman–Crippen MR) is 76.6 cm³/mol. The minimum Gasteiger partial charge on any atom is -0.383 e. The first-order chi connectivity index (χ1) is 9.20. The molecule has 1 N–H and O–H groups in total. The molecule has 3 nitrogen and oxygen atoms in total. The van der Waals surface area contributed by atoms with Gasteiger partial charge >= 0.3 is 0 Å². The van der Waals surface area contributed by atoms with Gasteiger partial charge < -0.3 is 5.32 Å². The van der Waals surface area contributed by atoms with Gasteiger partial charge in [-0.1, -0.05) is 37.4 Å². The van der Waals surface area contributed by atoms with Crippen LogP contribution in [0, 0.1) is 5.92 Å². The van der Waals surface area contributed by atoms with Crippen LogP contribution in [0.5, 0.6) is 0 Å². The van der Waals surface area contributed by atoms with E-state index in [0.29, 0.717) is 23.3 Å². The van der Waals surface area contributed by atoms with Gasteiger partial charge in [0.15, 0.2) is 5.15 Å². The fourth-order valence-electron chi connectivity index (χ4n) is 2.34. The van der Waals surface area contributed by atoms with Crippen LogP contribution in [-0.4, -0.2) is 9.97 Å². The maximum Gasteiger partial charge on any atom is 0.152 e. The van der Waals surface area contributed by atoms with Crippen molar-refractivity contribution >= 4 is 23.7 Å². The first-order valence-electron chi connectivity index (χ1n) is 6.43. The van der Waals surface area contributed by atoms with Gasteiger partial charge in [0.1, 0.15) is 17.2 Å². The van der Waals surface area contributed by atoms with Gasteiger partial charge in [-0.15, -0.1) is 0 Å². The number of hydrogen-bond donors (Lipinski definition) is 1. The van der Waals surface area contributed by atoms with E-state index >= 15 is 0 Å². The normalized spacial score (nSPS) is 16.3. The molecule has 2 rings (SSSR count). The zero-order chi connectivity index (χ0) is 13.7. The van der Waals surface area contributed by atoms with E-state index in [1.54, 1.807) is 0 Å². The zero-order valence-electron chi connectivity index (χ0n) is 10.7. The van der Waals surface area contributed by atoms with Crippen LogP contribution in [0.3, 0.4) is 0 Å². The lowest BCUT2D eigenvalue weighted by Crippen LogP contribution is -2.22. The summed E-state index contributed by atoms with van der Waals surface area (Å²) in [7, 11) is 0. The van der Waals surface area contributed by atoms with Gasteiger partial charge in [0, 0.05) is 5.70 Å². The molecule has 0 aromatic carbocycles. The summed E-state index contributed by atoms with van der Waals surface area (Å²) in [6.45, 7) is 4.52. The molecule has 0 saturated heterocycles. The van der Waals surface area contributed by atoms with Crippen LogP contribution >= 0.6 is 23.7 Å². The molecule has 1 aromatic heterocycles.